The van der Waals surface area contributed by atoms with Crippen LogP contribution < -0.4 is 17.3 Å². The molecule has 1 aromatic rings. The van der Waals surface area contributed by atoms with Gasteiger partial charge < -0.3 is 22.2 Å². The number of anilines is 1. The molecule has 2 aliphatic rings. The molecule has 0 spiro atoms. The van der Waals surface area contributed by atoms with Crippen LogP contribution in [-0.2, 0) is 0 Å². The predicted molar refractivity (Wildman–Crippen MR) is 88.4 cm³/mol. The van der Waals surface area contributed by atoms with Gasteiger partial charge in [0, 0.05) is 44.5 Å². The first kappa shape index (κ1) is 16.0. The van der Waals surface area contributed by atoms with E-state index in [1.54, 1.807) is 0 Å². The van der Waals surface area contributed by atoms with E-state index < -0.39 is 0 Å². The van der Waals surface area contributed by atoms with Gasteiger partial charge in [0.1, 0.15) is 0 Å². The van der Waals surface area contributed by atoms with Gasteiger partial charge in [0.15, 0.2) is 0 Å². The molecule has 0 saturated carbocycles. The van der Waals surface area contributed by atoms with Crippen molar-refractivity contribution in [1.82, 2.24) is 4.90 Å². The van der Waals surface area contributed by atoms with Gasteiger partial charge in [-0.2, -0.15) is 0 Å². The van der Waals surface area contributed by atoms with Crippen LogP contribution in [0.1, 0.15) is 0 Å². The van der Waals surface area contributed by atoms with Crippen LogP contribution in [0.15, 0.2) is 52.0 Å². The Labute approximate surface area is 136 Å². The van der Waals surface area contributed by atoms with Gasteiger partial charge >= 0.3 is 0 Å². The third-order valence-electron chi connectivity index (χ3n) is 3.52. The Hall–Kier alpha value is -1.39. The highest BCUT2D eigenvalue weighted by molar-refractivity contribution is 8.01. The van der Waals surface area contributed by atoms with Crippen molar-refractivity contribution in [2.24, 2.45) is 4.99 Å². The Morgan fingerprint density at radius 1 is 1.05 bits per heavy atom. The molecule has 21 heavy (non-hydrogen) atoms. The van der Waals surface area contributed by atoms with Crippen molar-refractivity contribution in [3.63, 3.8) is 0 Å². The van der Waals surface area contributed by atoms with Crippen LogP contribution in [0.5, 0.6) is 0 Å². The number of hydrogen-bond donors (Lipinski definition) is 0. The first-order chi connectivity index (χ1) is 9.54. The van der Waals surface area contributed by atoms with E-state index >= 15 is 0 Å². The molecule has 1 unspecified atom stereocenters. The molecule has 1 aliphatic heterocycles. The molecule has 0 aromatic heterocycles. The Morgan fingerprint density at radius 2 is 1.81 bits per heavy atom. The average Bonchev–Trinajstić information content (AvgIpc) is 2.43. The lowest BCUT2D eigenvalue weighted by atomic mass is 10.1. The summed E-state index contributed by atoms with van der Waals surface area (Å²) in [6, 6.07) is 6.46. The molecular weight excluding hydrogens is 302 g/mol. The summed E-state index contributed by atoms with van der Waals surface area (Å²) in [6.07, 6.45) is 6.56. The zero-order valence-electron chi connectivity index (χ0n) is 12.7. The third kappa shape index (κ3) is 3.11. The molecule has 0 bridgehead atoms. The highest BCUT2D eigenvalue weighted by atomic mass is 35.5. The van der Waals surface area contributed by atoms with Gasteiger partial charge in [-0.1, -0.05) is 0 Å². The number of aliphatic imine (C=N–C) groups is 1. The lowest BCUT2D eigenvalue weighted by molar-refractivity contribution is -0.00000411. The van der Waals surface area contributed by atoms with E-state index in [-0.39, 0.29) is 12.4 Å². The first-order valence-corrected chi connectivity index (χ1v) is 7.56. The zero-order valence-corrected chi connectivity index (χ0v) is 14.2. The van der Waals surface area contributed by atoms with E-state index in [9.17, 15) is 0 Å². The number of rotatable bonds is 2. The second-order valence-corrected chi connectivity index (χ2v) is 6.62. The van der Waals surface area contributed by atoms with Crippen molar-refractivity contribution in [3.05, 3.63) is 42.1 Å². The van der Waals surface area contributed by atoms with Gasteiger partial charge in [-0.15, -0.1) is 11.8 Å². The van der Waals surface area contributed by atoms with Crippen molar-refractivity contribution >= 4 is 28.8 Å². The Bertz CT molecular complexity index is 632. The Morgan fingerprint density at radius 3 is 2.48 bits per heavy atom. The van der Waals surface area contributed by atoms with Crippen molar-refractivity contribution in [2.45, 2.75) is 10.1 Å². The zero-order chi connectivity index (χ0) is 14.3. The largest absolute Gasteiger partial charge is 1.00 e. The van der Waals surface area contributed by atoms with E-state index in [2.05, 4.69) is 74.4 Å². The normalized spacial score (nSPS) is 18.8. The molecule has 112 valence electrons. The third-order valence-corrected chi connectivity index (χ3v) is 4.73. The van der Waals surface area contributed by atoms with Crippen LogP contribution in [0, 0.1) is 0 Å². The molecule has 0 fully saturated rings. The van der Waals surface area contributed by atoms with Crippen LogP contribution in [0.4, 0.5) is 11.4 Å². The van der Waals surface area contributed by atoms with Gasteiger partial charge in [-0.05, 0) is 36.4 Å². The average molecular weight is 321 g/mol. The molecule has 1 heterocycles. The monoisotopic (exact) mass is 320 g/mol. The number of benzene rings is 1. The van der Waals surface area contributed by atoms with E-state index in [1.165, 1.54) is 16.3 Å². The fourth-order valence-electron chi connectivity index (χ4n) is 2.30. The van der Waals surface area contributed by atoms with E-state index in [0.717, 1.165) is 11.4 Å². The number of hydrogen-bond acceptors (Lipinski definition) is 4. The smallest absolute Gasteiger partial charge is 0.0771 e. The maximum absolute atomic E-state index is 4.79. The van der Waals surface area contributed by atoms with Crippen LogP contribution in [0.2, 0.25) is 0 Å². The summed E-state index contributed by atoms with van der Waals surface area (Å²) in [5.41, 5.74) is 4.69. The lowest BCUT2D eigenvalue weighted by Crippen LogP contribution is -3.00. The van der Waals surface area contributed by atoms with Crippen molar-refractivity contribution < 1.29 is 12.4 Å². The Kier molecular flexibility index (Phi) is 4.69. The fraction of sp³-hybridized carbons (Fsp3) is 0.312. The number of likely N-dealkylation sites (N-methyl/N-ethyl adjacent to an activating group) is 1. The number of nitrogens with zero attached hydrogens (tertiary/aromatic N) is 3. The van der Waals surface area contributed by atoms with Crippen molar-refractivity contribution in [2.75, 3.05) is 33.1 Å². The van der Waals surface area contributed by atoms with Gasteiger partial charge in [0.25, 0.3) is 0 Å². The van der Waals surface area contributed by atoms with E-state index in [4.69, 9.17) is 4.99 Å². The maximum Gasteiger partial charge on any atom is 0.0771 e. The second kappa shape index (κ2) is 6.16. The van der Waals surface area contributed by atoms with Gasteiger partial charge in [0.05, 0.1) is 16.6 Å². The number of allylic oxidation sites excluding steroid dienone is 2. The van der Waals surface area contributed by atoms with Crippen LogP contribution in [0.3, 0.4) is 0 Å². The fourth-order valence-corrected chi connectivity index (χ4v) is 3.45. The van der Waals surface area contributed by atoms with Crippen molar-refractivity contribution in [3.8, 4) is 0 Å². The van der Waals surface area contributed by atoms with Crippen LogP contribution >= 0.6 is 11.8 Å². The second-order valence-electron chi connectivity index (χ2n) is 5.44. The summed E-state index contributed by atoms with van der Waals surface area (Å²) in [5.74, 6) is 0. The SMILES string of the molecule is CN(C)C1=CC2Sc3cc(N(C)C)ccc3N=C2C=C1.[Cl-]. The minimum Gasteiger partial charge on any atom is -1.00 e. The van der Waals surface area contributed by atoms with Gasteiger partial charge in [-0.25, -0.2) is 0 Å². The quantitative estimate of drug-likeness (QED) is 0.782. The standard InChI is InChI=1S/C16H19N3S.ClH/c1-18(2)11-5-7-13-15(9-11)20-16-10-12(19(3)4)6-8-14(16)17-13;/h5-10,15H,1-4H3;1H/p-1. The number of thioether (sulfide) groups is 1. The molecule has 5 heteroatoms. The summed E-state index contributed by atoms with van der Waals surface area (Å²) in [4.78, 5) is 10.3. The Balaban J connectivity index is 0.00000161. The summed E-state index contributed by atoms with van der Waals surface area (Å²) in [7, 11) is 8.28. The molecule has 3 nitrogen and oxygen atoms in total. The summed E-state index contributed by atoms with van der Waals surface area (Å²) >= 11 is 1.88. The maximum atomic E-state index is 4.79. The number of halogens is 1. The molecule has 0 saturated heterocycles. The molecule has 1 aromatic carbocycles. The van der Waals surface area contributed by atoms with E-state index in [0.29, 0.717) is 5.25 Å². The molecule has 0 radical (unpaired) electrons. The number of fused-ring (bicyclic) bond motifs is 2. The molecule has 0 amide bonds. The first-order valence-electron chi connectivity index (χ1n) is 6.68. The van der Waals surface area contributed by atoms with Gasteiger partial charge in [0.2, 0.25) is 0 Å². The predicted octanol–water partition coefficient (Wildman–Crippen LogP) is 0.319. The molecule has 1 atom stereocenters. The minimum absolute atomic E-state index is 0. The summed E-state index contributed by atoms with van der Waals surface area (Å²) < 4.78 is 0. The summed E-state index contributed by atoms with van der Waals surface area (Å²) in [6.45, 7) is 0. The topological polar surface area (TPSA) is 18.8 Å². The van der Waals surface area contributed by atoms with Crippen molar-refractivity contribution in [1.29, 1.82) is 0 Å². The molecule has 0 N–H and O–H groups in total. The van der Waals surface area contributed by atoms with Gasteiger partial charge in [-0.3, -0.25) is 4.99 Å². The van der Waals surface area contributed by atoms with E-state index in [1.807, 2.05) is 11.8 Å². The molecule has 1 aliphatic carbocycles. The highest BCUT2D eigenvalue weighted by Gasteiger charge is 2.24. The minimum atomic E-state index is 0. The lowest BCUT2D eigenvalue weighted by Gasteiger charge is -2.27. The summed E-state index contributed by atoms with van der Waals surface area (Å²) in [5, 5.41) is 0.322. The molecular formula is C16H19ClN3S-. The highest BCUT2D eigenvalue weighted by Crippen LogP contribution is 2.41. The molecule has 3 rings (SSSR count). The van der Waals surface area contributed by atoms with Crippen LogP contribution in [0.25, 0.3) is 0 Å². The van der Waals surface area contributed by atoms with Crippen LogP contribution in [-0.4, -0.2) is 44.1 Å².